The van der Waals surface area contributed by atoms with Crippen molar-refractivity contribution in [3.05, 3.63) is 38.7 Å². The first kappa shape index (κ1) is 11.6. The second kappa shape index (κ2) is 4.54. The number of aromatic nitrogens is 4. The molecule has 6 nitrogen and oxygen atoms in total. The van der Waals surface area contributed by atoms with Crippen LogP contribution in [0.4, 0.5) is 0 Å². The molecule has 0 radical (unpaired) electrons. The molecule has 17 heavy (non-hydrogen) atoms. The van der Waals surface area contributed by atoms with E-state index in [9.17, 15) is 9.59 Å². The first-order chi connectivity index (χ1) is 8.11. The van der Waals surface area contributed by atoms with Crippen LogP contribution in [0.15, 0.2) is 27.0 Å². The van der Waals surface area contributed by atoms with Crippen molar-refractivity contribution in [2.75, 3.05) is 6.26 Å². The third-order valence-electron chi connectivity index (χ3n) is 2.25. The highest BCUT2D eigenvalue weighted by atomic mass is 32.2. The minimum Gasteiger partial charge on any atom is -0.304 e. The summed E-state index contributed by atoms with van der Waals surface area (Å²) in [6.07, 6.45) is 3.20. The molecular weight excluding hydrogens is 240 g/mol. The van der Waals surface area contributed by atoms with Gasteiger partial charge in [-0.05, 0) is 19.2 Å². The number of H-pyrrole nitrogens is 2. The molecule has 0 aliphatic heterocycles. The van der Waals surface area contributed by atoms with Gasteiger partial charge < -0.3 is 9.97 Å². The highest BCUT2D eigenvalue weighted by Gasteiger charge is 2.10. The third-order valence-corrected chi connectivity index (χ3v) is 2.83. The number of hydrogen-bond acceptors (Lipinski definition) is 5. The molecule has 2 aromatic heterocycles. The average Bonchev–Trinajstić information content (AvgIpc) is 2.32. The summed E-state index contributed by atoms with van der Waals surface area (Å²) in [5.74, 6) is 0. The van der Waals surface area contributed by atoms with Crippen LogP contribution in [0.5, 0.6) is 0 Å². The Morgan fingerprint density at radius 2 is 2.06 bits per heavy atom. The second-order valence-corrected chi connectivity index (χ2v) is 4.13. The Hall–Kier alpha value is -1.89. The van der Waals surface area contributed by atoms with Gasteiger partial charge in [-0.3, -0.25) is 4.79 Å². The van der Waals surface area contributed by atoms with Crippen molar-refractivity contribution in [3.63, 3.8) is 0 Å². The van der Waals surface area contributed by atoms with Crippen LogP contribution in [-0.2, 0) is 0 Å². The molecule has 0 saturated carbocycles. The molecule has 0 unspecified atom stereocenters. The van der Waals surface area contributed by atoms with Crippen molar-refractivity contribution in [1.29, 1.82) is 0 Å². The van der Waals surface area contributed by atoms with Gasteiger partial charge in [-0.2, -0.15) is 0 Å². The summed E-state index contributed by atoms with van der Waals surface area (Å²) in [7, 11) is 0. The molecule has 2 heterocycles. The summed E-state index contributed by atoms with van der Waals surface area (Å²) in [6.45, 7) is 1.66. The Balaban J connectivity index is 2.70. The third kappa shape index (κ3) is 2.28. The lowest BCUT2D eigenvalue weighted by Gasteiger charge is -2.05. The zero-order valence-corrected chi connectivity index (χ0v) is 10.1. The van der Waals surface area contributed by atoms with Crippen molar-refractivity contribution < 1.29 is 0 Å². The first-order valence-electron chi connectivity index (χ1n) is 4.82. The van der Waals surface area contributed by atoms with Gasteiger partial charge in [-0.1, -0.05) is 11.8 Å². The Bertz CT molecular complexity index is 662. The normalized spacial score (nSPS) is 10.5. The quantitative estimate of drug-likeness (QED) is 0.600. The minimum absolute atomic E-state index is 0.211. The predicted octanol–water partition coefficient (Wildman–Crippen LogP) is 0.551. The topological polar surface area (TPSA) is 91.5 Å². The molecule has 0 fully saturated rings. The fraction of sp³-hybridized carbons (Fsp3) is 0.200. The molecule has 7 heteroatoms. The molecule has 2 aromatic rings. The van der Waals surface area contributed by atoms with E-state index in [4.69, 9.17) is 0 Å². The Kier molecular flexibility index (Phi) is 3.10. The molecule has 2 N–H and O–H groups in total. The van der Waals surface area contributed by atoms with Crippen molar-refractivity contribution in [3.8, 4) is 11.4 Å². The van der Waals surface area contributed by atoms with Gasteiger partial charge in [0, 0.05) is 11.8 Å². The molecule has 0 saturated heterocycles. The van der Waals surface area contributed by atoms with E-state index in [0.717, 1.165) is 0 Å². The number of nitrogens with one attached hydrogen (secondary N) is 2. The molecule has 0 aliphatic carbocycles. The molecule has 0 spiro atoms. The van der Waals surface area contributed by atoms with Crippen LogP contribution in [0.3, 0.4) is 0 Å². The summed E-state index contributed by atoms with van der Waals surface area (Å²) in [6, 6.07) is 1.61. The van der Waals surface area contributed by atoms with E-state index in [-0.39, 0.29) is 5.56 Å². The summed E-state index contributed by atoms with van der Waals surface area (Å²) < 4.78 is 0. The van der Waals surface area contributed by atoms with Crippen LogP contribution >= 0.6 is 11.8 Å². The zero-order chi connectivity index (χ0) is 12.4. The lowest BCUT2D eigenvalue weighted by Crippen LogP contribution is -2.16. The Labute approximate surface area is 101 Å². The van der Waals surface area contributed by atoms with Gasteiger partial charge in [0.15, 0.2) is 5.16 Å². The van der Waals surface area contributed by atoms with Gasteiger partial charge in [-0.25, -0.2) is 14.8 Å². The number of hydrogen-bond donors (Lipinski definition) is 2. The molecule has 88 valence electrons. The summed E-state index contributed by atoms with van der Waals surface area (Å²) in [4.78, 5) is 35.8. The van der Waals surface area contributed by atoms with Gasteiger partial charge in [0.05, 0.1) is 11.4 Å². The van der Waals surface area contributed by atoms with E-state index in [1.165, 1.54) is 18.0 Å². The number of aromatic amines is 2. The lowest BCUT2D eigenvalue weighted by atomic mass is 10.2. The van der Waals surface area contributed by atoms with E-state index in [2.05, 4.69) is 19.9 Å². The van der Waals surface area contributed by atoms with Crippen LogP contribution in [-0.4, -0.2) is 26.2 Å². The maximum Gasteiger partial charge on any atom is 0.345 e. The number of nitrogens with zero attached hydrogens (tertiary/aromatic N) is 2. The van der Waals surface area contributed by atoms with Gasteiger partial charge in [-0.15, -0.1) is 0 Å². The van der Waals surface area contributed by atoms with Crippen LogP contribution in [0.1, 0.15) is 5.56 Å². The van der Waals surface area contributed by atoms with Crippen LogP contribution in [0.25, 0.3) is 11.4 Å². The molecule has 0 aliphatic rings. The van der Waals surface area contributed by atoms with E-state index < -0.39 is 5.69 Å². The first-order valence-corrected chi connectivity index (χ1v) is 6.05. The Morgan fingerprint density at radius 3 is 2.71 bits per heavy atom. The van der Waals surface area contributed by atoms with Crippen molar-refractivity contribution >= 4 is 11.8 Å². The van der Waals surface area contributed by atoms with Gasteiger partial charge in [0.2, 0.25) is 0 Å². The average molecular weight is 250 g/mol. The molecular formula is C10H10N4O2S. The van der Waals surface area contributed by atoms with Gasteiger partial charge in [0.1, 0.15) is 0 Å². The SMILES string of the molecule is CSc1nc(-c2ccnc(=O)[nH]2)c(C)c(=O)[nH]1. The largest absolute Gasteiger partial charge is 0.345 e. The summed E-state index contributed by atoms with van der Waals surface area (Å²) in [5.41, 5.74) is 0.748. The summed E-state index contributed by atoms with van der Waals surface area (Å²) >= 11 is 1.33. The Morgan fingerprint density at radius 1 is 1.29 bits per heavy atom. The van der Waals surface area contributed by atoms with Crippen molar-refractivity contribution in [2.45, 2.75) is 12.1 Å². The van der Waals surface area contributed by atoms with E-state index in [1.54, 1.807) is 13.0 Å². The lowest BCUT2D eigenvalue weighted by molar-refractivity contribution is 0.917. The molecule has 0 atom stereocenters. The van der Waals surface area contributed by atoms with Gasteiger partial charge in [0.25, 0.3) is 5.56 Å². The minimum atomic E-state index is -0.463. The number of rotatable bonds is 2. The molecule has 0 amide bonds. The monoisotopic (exact) mass is 250 g/mol. The van der Waals surface area contributed by atoms with E-state index in [0.29, 0.717) is 22.1 Å². The van der Waals surface area contributed by atoms with Crippen molar-refractivity contribution in [1.82, 2.24) is 19.9 Å². The van der Waals surface area contributed by atoms with Gasteiger partial charge >= 0.3 is 5.69 Å². The maximum atomic E-state index is 11.7. The standard InChI is InChI=1S/C10H10N4O2S/c1-5-7(6-3-4-11-9(16)12-6)13-10(17-2)14-8(5)15/h3-4H,1-2H3,(H,11,12,16)(H,13,14,15). The van der Waals surface area contributed by atoms with E-state index in [1.807, 2.05) is 6.26 Å². The fourth-order valence-electron chi connectivity index (χ4n) is 1.38. The fourth-order valence-corrected chi connectivity index (χ4v) is 1.75. The smallest absolute Gasteiger partial charge is 0.304 e. The maximum absolute atomic E-state index is 11.7. The zero-order valence-electron chi connectivity index (χ0n) is 9.27. The molecule has 2 rings (SSSR count). The number of thioether (sulfide) groups is 1. The molecule has 0 bridgehead atoms. The predicted molar refractivity (Wildman–Crippen MR) is 65.2 cm³/mol. The summed E-state index contributed by atoms with van der Waals surface area (Å²) in [5, 5.41) is 0.508. The molecule has 0 aromatic carbocycles. The van der Waals surface area contributed by atoms with E-state index >= 15 is 0 Å². The highest BCUT2D eigenvalue weighted by molar-refractivity contribution is 7.98. The van der Waals surface area contributed by atoms with Crippen LogP contribution in [0, 0.1) is 6.92 Å². The highest BCUT2D eigenvalue weighted by Crippen LogP contribution is 2.17. The van der Waals surface area contributed by atoms with Crippen LogP contribution in [0.2, 0.25) is 0 Å². The van der Waals surface area contributed by atoms with Crippen LogP contribution < -0.4 is 11.2 Å². The second-order valence-electron chi connectivity index (χ2n) is 3.34. The van der Waals surface area contributed by atoms with Crippen molar-refractivity contribution in [2.24, 2.45) is 0 Å².